The number of carbonyl (C=O) groups is 1. The number of rotatable bonds is 5. The zero-order chi connectivity index (χ0) is 14.5. The average Bonchev–Trinajstić information content (AvgIpc) is 2.88. The number of hydrogen-bond donors (Lipinski definition) is 0. The predicted molar refractivity (Wildman–Crippen MR) is 64.5 cm³/mol. The van der Waals surface area contributed by atoms with E-state index in [-0.39, 0.29) is 29.4 Å². The highest BCUT2D eigenvalue weighted by Gasteiger charge is 2.22. The highest BCUT2D eigenvalue weighted by molar-refractivity contribution is 5.94. The maximum absolute atomic E-state index is 12.4. The smallest absolute Gasteiger partial charge is 0.387 e. The molecular weight excluding hydrogens is 272 g/mol. The number of halogens is 2. The average molecular weight is 283 g/mol. The van der Waals surface area contributed by atoms with Gasteiger partial charge in [-0.2, -0.15) is 8.78 Å². The number of hydrogen-bond acceptors (Lipinski definition) is 5. The summed E-state index contributed by atoms with van der Waals surface area (Å²) >= 11 is 0. The van der Waals surface area contributed by atoms with Crippen molar-refractivity contribution in [3.05, 3.63) is 36.4 Å². The largest absolute Gasteiger partial charge is 0.461 e. The number of benzene rings is 1. The van der Waals surface area contributed by atoms with Crippen molar-refractivity contribution in [2.75, 3.05) is 6.61 Å². The van der Waals surface area contributed by atoms with E-state index in [9.17, 15) is 13.6 Å². The Bertz CT molecular complexity index is 598. The second-order valence-electron chi connectivity index (χ2n) is 3.63. The van der Waals surface area contributed by atoms with Crippen molar-refractivity contribution in [3.8, 4) is 17.1 Å². The Hall–Kier alpha value is -2.44. The van der Waals surface area contributed by atoms with Gasteiger partial charge in [-0.15, -0.1) is 0 Å². The Kier molecular flexibility index (Phi) is 4.29. The zero-order valence-corrected chi connectivity index (χ0v) is 10.5. The van der Waals surface area contributed by atoms with E-state index in [1.54, 1.807) is 13.0 Å². The molecule has 0 saturated heterocycles. The molecule has 0 bridgehead atoms. The molecule has 20 heavy (non-hydrogen) atoms. The number of carbonyl (C=O) groups excluding carboxylic acids is 1. The van der Waals surface area contributed by atoms with Crippen LogP contribution in [-0.4, -0.2) is 24.2 Å². The second kappa shape index (κ2) is 6.14. The molecule has 0 spiro atoms. The quantitative estimate of drug-likeness (QED) is 0.789. The lowest BCUT2D eigenvalue weighted by Crippen LogP contribution is -2.07. The summed E-state index contributed by atoms with van der Waals surface area (Å²) in [6, 6.07) is 5.96. The third kappa shape index (κ3) is 2.93. The number of oxazole rings is 1. The van der Waals surface area contributed by atoms with Crippen LogP contribution in [0.2, 0.25) is 0 Å². The van der Waals surface area contributed by atoms with Crippen molar-refractivity contribution in [2.45, 2.75) is 13.5 Å². The summed E-state index contributed by atoms with van der Waals surface area (Å²) in [5.74, 6) is -0.771. The summed E-state index contributed by atoms with van der Waals surface area (Å²) in [6.07, 6.45) is 1.04. The number of nitrogens with zero attached hydrogens (tertiary/aromatic N) is 1. The van der Waals surface area contributed by atoms with Crippen LogP contribution >= 0.6 is 0 Å². The molecule has 0 radical (unpaired) electrons. The SMILES string of the molecule is CCOC(=O)c1ncoc1-c1ccccc1OC(F)F. The van der Waals surface area contributed by atoms with Crippen molar-refractivity contribution >= 4 is 5.97 Å². The molecule has 0 amide bonds. The highest BCUT2D eigenvalue weighted by atomic mass is 19.3. The van der Waals surface area contributed by atoms with Crippen LogP contribution in [-0.2, 0) is 4.74 Å². The summed E-state index contributed by atoms with van der Waals surface area (Å²) in [7, 11) is 0. The van der Waals surface area contributed by atoms with Gasteiger partial charge >= 0.3 is 12.6 Å². The lowest BCUT2D eigenvalue weighted by molar-refractivity contribution is -0.0495. The van der Waals surface area contributed by atoms with Crippen molar-refractivity contribution in [2.24, 2.45) is 0 Å². The third-order valence-corrected chi connectivity index (χ3v) is 2.38. The molecule has 1 aromatic carbocycles. The zero-order valence-electron chi connectivity index (χ0n) is 10.5. The Morgan fingerprint density at radius 2 is 2.15 bits per heavy atom. The van der Waals surface area contributed by atoms with Crippen molar-refractivity contribution in [3.63, 3.8) is 0 Å². The molecule has 7 heteroatoms. The fourth-order valence-corrected chi connectivity index (χ4v) is 1.64. The van der Waals surface area contributed by atoms with Gasteiger partial charge in [-0.25, -0.2) is 9.78 Å². The Labute approximate surface area is 113 Å². The van der Waals surface area contributed by atoms with Crippen LogP contribution in [0.15, 0.2) is 35.1 Å². The molecular formula is C13H11F2NO4. The highest BCUT2D eigenvalue weighted by Crippen LogP contribution is 2.33. The topological polar surface area (TPSA) is 61.6 Å². The molecule has 0 saturated carbocycles. The van der Waals surface area contributed by atoms with Gasteiger partial charge in [-0.05, 0) is 19.1 Å². The van der Waals surface area contributed by atoms with Gasteiger partial charge in [0, 0.05) is 0 Å². The molecule has 1 aromatic heterocycles. The summed E-state index contributed by atoms with van der Waals surface area (Å²) in [4.78, 5) is 15.4. The predicted octanol–water partition coefficient (Wildman–Crippen LogP) is 3.12. The van der Waals surface area contributed by atoms with Crippen molar-refractivity contribution in [1.82, 2.24) is 4.98 Å². The van der Waals surface area contributed by atoms with E-state index in [1.807, 2.05) is 0 Å². The van der Waals surface area contributed by atoms with Gasteiger partial charge in [0.05, 0.1) is 12.2 Å². The first-order valence-corrected chi connectivity index (χ1v) is 5.78. The first kappa shape index (κ1) is 14.0. The van der Waals surface area contributed by atoms with Crippen molar-refractivity contribution in [1.29, 1.82) is 0 Å². The Morgan fingerprint density at radius 3 is 2.85 bits per heavy atom. The standard InChI is InChI=1S/C13H11F2NO4/c1-2-18-12(17)10-11(19-7-16-10)8-5-3-4-6-9(8)20-13(14)15/h3-7,13H,2H2,1H3. The summed E-state index contributed by atoms with van der Waals surface area (Å²) in [6.45, 7) is -1.17. The van der Waals surface area contributed by atoms with E-state index >= 15 is 0 Å². The van der Waals surface area contributed by atoms with E-state index in [2.05, 4.69) is 9.72 Å². The van der Waals surface area contributed by atoms with Crippen LogP contribution in [0.1, 0.15) is 17.4 Å². The van der Waals surface area contributed by atoms with Crippen LogP contribution in [0.4, 0.5) is 8.78 Å². The molecule has 0 fully saturated rings. The number of esters is 1. The van der Waals surface area contributed by atoms with Gasteiger partial charge < -0.3 is 13.9 Å². The lowest BCUT2D eigenvalue weighted by atomic mass is 10.1. The van der Waals surface area contributed by atoms with Crippen LogP contribution in [0.25, 0.3) is 11.3 Å². The molecule has 0 N–H and O–H groups in total. The van der Waals surface area contributed by atoms with E-state index in [0.717, 1.165) is 6.39 Å². The number of ether oxygens (including phenoxy) is 2. The molecule has 0 aliphatic carbocycles. The van der Waals surface area contributed by atoms with Gasteiger partial charge in [0.25, 0.3) is 0 Å². The molecule has 2 aromatic rings. The maximum Gasteiger partial charge on any atom is 0.387 e. The summed E-state index contributed by atoms with van der Waals surface area (Å²) in [5, 5.41) is 0. The van der Waals surface area contributed by atoms with Crippen LogP contribution in [0.3, 0.4) is 0 Å². The van der Waals surface area contributed by atoms with Gasteiger partial charge in [-0.3, -0.25) is 0 Å². The van der Waals surface area contributed by atoms with Gasteiger partial charge in [0.2, 0.25) is 0 Å². The van der Waals surface area contributed by atoms with Crippen LogP contribution in [0, 0.1) is 0 Å². The summed E-state index contributed by atoms with van der Waals surface area (Å²) < 4.78 is 39.0. The molecule has 106 valence electrons. The minimum Gasteiger partial charge on any atom is -0.461 e. The van der Waals surface area contributed by atoms with Crippen LogP contribution < -0.4 is 4.74 Å². The first-order chi connectivity index (χ1) is 9.63. The minimum absolute atomic E-state index is 0.0275. The number of aromatic nitrogens is 1. The fourth-order valence-electron chi connectivity index (χ4n) is 1.64. The fraction of sp³-hybridized carbons (Fsp3) is 0.231. The summed E-state index contributed by atoms with van der Waals surface area (Å²) in [5.41, 5.74) is 0.116. The normalized spacial score (nSPS) is 10.6. The molecule has 0 aliphatic heterocycles. The first-order valence-electron chi connectivity index (χ1n) is 5.78. The maximum atomic E-state index is 12.4. The minimum atomic E-state index is -2.98. The number of para-hydroxylation sites is 1. The van der Waals surface area contributed by atoms with E-state index < -0.39 is 12.6 Å². The molecule has 1 heterocycles. The van der Waals surface area contributed by atoms with Crippen LogP contribution in [0.5, 0.6) is 5.75 Å². The van der Waals surface area contributed by atoms with Gasteiger partial charge in [0.15, 0.2) is 17.8 Å². The molecule has 0 atom stereocenters. The molecule has 5 nitrogen and oxygen atoms in total. The number of alkyl halides is 2. The molecule has 0 aliphatic rings. The van der Waals surface area contributed by atoms with E-state index in [0.29, 0.717) is 0 Å². The Balaban J connectivity index is 2.42. The van der Waals surface area contributed by atoms with Gasteiger partial charge in [0.1, 0.15) is 5.75 Å². The lowest BCUT2D eigenvalue weighted by Gasteiger charge is -2.09. The van der Waals surface area contributed by atoms with Gasteiger partial charge in [-0.1, -0.05) is 12.1 Å². The van der Waals surface area contributed by atoms with Crippen molar-refractivity contribution < 1.29 is 27.5 Å². The monoisotopic (exact) mass is 283 g/mol. The Morgan fingerprint density at radius 1 is 1.40 bits per heavy atom. The van der Waals surface area contributed by atoms with E-state index in [4.69, 9.17) is 9.15 Å². The molecule has 0 unspecified atom stereocenters. The third-order valence-electron chi connectivity index (χ3n) is 2.38. The van der Waals surface area contributed by atoms with E-state index in [1.165, 1.54) is 18.2 Å². The second-order valence-corrected chi connectivity index (χ2v) is 3.63. The molecule has 2 rings (SSSR count).